The third-order valence-corrected chi connectivity index (χ3v) is 4.12. The van der Waals surface area contributed by atoms with Gasteiger partial charge in [-0.25, -0.2) is 0 Å². The van der Waals surface area contributed by atoms with Crippen LogP contribution in [0.15, 0.2) is 12.4 Å². The second-order valence-corrected chi connectivity index (χ2v) is 5.89. The van der Waals surface area contributed by atoms with Gasteiger partial charge in [-0.1, -0.05) is 13.8 Å². The predicted molar refractivity (Wildman–Crippen MR) is 74.2 cm³/mol. The summed E-state index contributed by atoms with van der Waals surface area (Å²) in [6, 6.07) is 0.670. The lowest BCUT2D eigenvalue weighted by atomic mass is 9.80. The summed E-state index contributed by atoms with van der Waals surface area (Å²) in [4.78, 5) is 8.66. The molecule has 0 bridgehead atoms. The fraction of sp³-hybridized carbons (Fsp3) is 0.733. The van der Waals surface area contributed by atoms with Gasteiger partial charge in [0.2, 0.25) is 0 Å². The van der Waals surface area contributed by atoms with E-state index in [1.165, 1.54) is 25.7 Å². The maximum absolute atomic E-state index is 4.38. The number of hydrogen-bond donors (Lipinski definition) is 1. The predicted octanol–water partition coefficient (Wildman–Crippen LogP) is 3.09. The molecule has 0 aromatic carbocycles. The highest BCUT2D eigenvalue weighted by Gasteiger charge is 2.22. The first-order valence-electron chi connectivity index (χ1n) is 7.16. The van der Waals surface area contributed by atoms with Crippen molar-refractivity contribution in [3.8, 4) is 0 Å². The zero-order valence-electron chi connectivity index (χ0n) is 11.8. The van der Waals surface area contributed by atoms with Crippen molar-refractivity contribution in [3.05, 3.63) is 23.8 Å². The van der Waals surface area contributed by atoms with Crippen molar-refractivity contribution >= 4 is 0 Å². The minimum atomic E-state index is 0.670. The molecular weight excluding hydrogens is 222 g/mol. The summed E-state index contributed by atoms with van der Waals surface area (Å²) in [5, 5.41) is 3.61. The summed E-state index contributed by atoms with van der Waals surface area (Å²) in [7, 11) is 0. The molecule has 1 saturated carbocycles. The van der Waals surface area contributed by atoms with Crippen molar-refractivity contribution in [1.29, 1.82) is 0 Å². The molecule has 0 radical (unpaired) electrons. The standard InChI is InChI=1S/C15H25N3/c1-11(2)13-4-6-14(7-5-13)18-10-15-9-16-12(3)8-17-15/h8-9,11,13-14,18H,4-7,10H2,1-3H3. The Morgan fingerprint density at radius 2 is 1.89 bits per heavy atom. The lowest BCUT2D eigenvalue weighted by molar-refractivity contribution is 0.238. The Kier molecular flexibility index (Phi) is 4.70. The van der Waals surface area contributed by atoms with Crippen molar-refractivity contribution in [2.24, 2.45) is 11.8 Å². The minimum Gasteiger partial charge on any atom is -0.308 e. The maximum atomic E-state index is 4.38. The number of aromatic nitrogens is 2. The van der Waals surface area contributed by atoms with E-state index in [2.05, 4.69) is 29.1 Å². The maximum Gasteiger partial charge on any atom is 0.0724 e. The lowest BCUT2D eigenvalue weighted by Gasteiger charge is -2.31. The highest BCUT2D eigenvalue weighted by molar-refractivity contribution is 5.00. The molecule has 0 aliphatic heterocycles. The molecule has 1 aliphatic rings. The number of rotatable bonds is 4. The Morgan fingerprint density at radius 1 is 1.17 bits per heavy atom. The van der Waals surface area contributed by atoms with Crippen LogP contribution < -0.4 is 5.32 Å². The van der Waals surface area contributed by atoms with E-state index in [1.807, 2.05) is 19.3 Å². The van der Waals surface area contributed by atoms with E-state index >= 15 is 0 Å². The van der Waals surface area contributed by atoms with Crippen LogP contribution in [0.25, 0.3) is 0 Å². The molecule has 1 fully saturated rings. The van der Waals surface area contributed by atoms with E-state index < -0.39 is 0 Å². The SMILES string of the molecule is Cc1cnc(CNC2CCC(C(C)C)CC2)cn1. The number of nitrogens with zero attached hydrogens (tertiary/aromatic N) is 2. The molecule has 2 rings (SSSR count). The fourth-order valence-corrected chi connectivity index (χ4v) is 2.75. The van der Waals surface area contributed by atoms with Crippen LogP contribution in [0.4, 0.5) is 0 Å². The van der Waals surface area contributed by atoms with E-state index in [0.29, 0.717) is 6.04 Å². The van der Waals surface area contributed by atoms with Crippen molar-refractivity contribution in [2.45, 2.75) is 59.0 Å². The molecule has 0 amide bonds. The van der Waals surface area contributed by atoms with Crippen LogP contribution >= 0.6 is 0 Å². The van der Waals surface area contributed by atoms with E-state index in [0.717, 1.165) is 29.8 Å². The molecular formula is C15H25N3. The Balaban J connectivity index is 1.74. The summed E-state index contributed by atoms with van der Waals surface area (Å²) in [6.07, 6.45) is 9.07. The summed E-state index contributed by atoms with van der Waals surface area (Å²) >= 11 is 0. The first-order chi connectivity index (χ1) is 8.65. The highest BCUT2D eigenvalue weighted by atomic mass is 14.9. The van der Waals surface area contributed by atoms with Gasteiger partial charge in [0.25, 0.3) is 0 Å². The Labute approximate surface area is 110 Å². The second-order valence-electron chi connectivity index (χ2n) is 5.89. The van der Waals surface area contributed by atoms with Crippen LogP contribution in [0.1, 0.15) is 50.9 Å². The van der Waals surface area contributed by atoms with Crippen LogP contribution in [0, 0.1) is 18.8 Å². The molecule has 1 aromatic rings. The summed E-state index contributed by atoms with van der Waals surface area (Å²) in [6.45, 7) is 7.52. The molecule has 0 saturated heterocycles. The van der Waals surface area contributed by atoms with Gasteiger partial charge in [-0.2, -0.15) is 0 Å². The van der Waals surface area contributed by atoms with Crippen LogP contribution in [0.2, 0.25) is 0 Å². The number of hydrogen-bond acceptors (Lipinski definition) is 3. The lowest BCUT2D eigenvalue weighted by Crippen LogP contribution is -2.34. The second kappa shape index (κ2) is 6.28. The van der Waals surface area contributed by atoms with Gasteiger partial charge in [0, 0.05) is 25.0 Å². The van der Waals surface area contributed by atoms with Crippen molar-refractivity contribution in [1.82, 2.24) is 15.3 Å². The smallest absolute Gasteiger partial charge is 0.0724 e. The molecule has 0 atom stereocenters. The van der Waals surface area contributed by atoms with Crippen LogP contribution in [-0.2, 0) is 6.54 Å². The van der Waals surface area contributed by atoms with Gasteiger partial charge in [0.1, 0.15) is 0 Å². The first kappa shape index (κ1) is 13.5. The normalized spacial score (nSPS) is 24.4. The number of aryl methyl sites for hydroxylation is 1. The summed E-state index contributed by atoms with van der Waals surface area (Å²) in [5.74, 6) is 1.77. The van der Waals surface area contributed by atoms with E-state index in [4.69, 9.17) is 0 Å². The molecule has 1 aliphatic carbocycles. The first-order valence-corrected chi connectivity index (χ1v) is 7.16. The highest BCUT2D eigenvalue weighted by Crippen LogP contribution is 2.29. The molecule has 0 spiro atoms. The topological polar surface area (TPSA) is 37.8 Å². The molecule has 1 aromatic heterocycles. The van der Waals surface area contributed by atoms with Crippen LogP contribution in [0.3, 0.4) is 0 Å². The third kappa shape index (κ3) is 3.77. The molecule has 3 heteroatoms. The minimum absolute atomic E-state index is 0.670. The Bertz CT molecular complexity index is 351. The van der Waals surface area contributed by atoms with Crippen LogP contribution in [0.5, 0.6) is 0 Å². The van der Waals surface area contributed by atoms with E-state index in [1.54, 1.807) is 0 Å². The number of nitrogens with one attached hydrogen (secondary N) is 1. The fourth-order valence-electron chi connectivity index (χ4n) is 2.75. The van der Waals surface area contributed by atoms with E-state index in [-0.39, 0.29) is 0 Å². The van der Waals surface area contributed by atoms with Gasteiger partial charge in [-0.15, -0.1) is 0 Å². The molecule has 100 valence electrons. The largest absolute Gasteiger partial charge is 0.308 e. The zero-order valence-corrected chi connectivity index (χ0v) is 11.8. The van der Waals surface area contributed by atoms with Gasteiger partial charge in [-0.3, -0.25) is 9.97 Å². The molecule has 1 N–H and O–H groups in total. The molecule has 3 nitrogen and oxygen atoms in total. The third-order valence-electron chi connectivity index (χ3n) is 4.12. The summed E-state index contributed by atoms with van der Waals surface area (Å²) < 4.78 is 0. The average molecular weight is 247 g/mol. The Hall–Kier alpha value is -0.960. The van der Waals surface area contributed by atoms with Gasteiger partial charge >= 0.3 is 0 Å². The van der Waals surface area contributed by atoms with Gasteiger partial charge in [0.15, 0.2) is 0 Å². The quantitative estimate of drug-likeness (QED) is 0.888. The average Bonchev–Trinajstić information content (AvgIpc) is 2.38. The zero-order chi connectivity index (χ0) is 13.0. The van der Waals surface area contributed by atoms with Crippen molar-refractivity contribution in [3.63, 3.8) is 0 Å². The van der Waals surface area contributed by atoms with Crippen LogP contribution in [-0.4, -0.2) is 16.0 Å². The van der Waals surface area contributed by atoms with Crippen molar-refractivity contribution in [2.75, 3.05) is 0 Å². The van der Waals surface area contributed by atoms with Crippen molar-refractivity contribution < 1.29 is 0 Å². The summed E-state index contributed by atoms with van der Waals surface area (Å²) in [5.41, 5.74) is 2.03. The molecule has 1 heterocycles. The van der Waals surface area contributed by atoms with Gasteiger partial charge < -0.3 is 5.32 Å². The van der Waals surface area contributed by atoms with Gasteiger partial charge in [0.05, 0.1) is 11.4 Å². The molecule has 18 heavy (non-hydrogen) atoms. The molecule has 0 unspecified atom stereocenters. The monoisotopic (exact) mass is 247 g/mol. The van der Waals surface area contributed by atoms with Gasteiger partial charge in [-0.05, 0) is 44.4 Å². The Morgan fingerprint density at radius 3 is 2.44 bits per heavy atom. The van der Waals surface area contributed by atoms with E-state index in [9.17, 15) is 0 Å².